The molecule has 1 unspecified atom stereocenters. The minimum absolute atomic E-state index is 0.150. The summed E-state index contributed by atoms with van der Waals surface area (Å²) in [6.07, 6.45) is 0.0136. The molecule has 0 spiro atoms. The van der Waals surface area contributed by atoms with Gasteiger partial charge in [0.1, 0.15) is 41.4 Å². The van der Waals surface area contributed by atoms with Gasteiger partial charge in [-0.2, -0.15) is 15.8 Å². The Hall–Kier alpha value is -3.70. The van der Waals surface area contributed by atoms with Crippen molar-refractivity contribution in [1.29, 1.82) is 15.8 Å². The minimum Gasteiger partial charge on any atom is -0.486 e. The summed E-state index contributed by atoms with van der Waals surface area (Å²) in [6.45, 7) is 6.34. The number of amides is 1. The Bertz CT molecular complexity index is 880. The molecule has 8 nitrogen and oxygen atoms in total. The van der Waals surface area contributed by atoms with Crippen LogP contribution in [0.5, 0.6) is 5.75 Å². The molecule has 144 valence electrons. The van der Waals surface area contributed by atoms with Gasteiger partial charge in [0, 0.05) is 13.0 Å². The molecular weight excluding hydrogens is 358 g/mol. The second kappa shape index (κ2) is 8.79. The summed E-state index contributed by atoms with van der Waals surface area (Å²) in [5, 5.41) is 29.9. The van der Waals surface area contributed by atoms with Gasteiger partial charge in [-0.05, 0) is 32.9 Å². The van der Waals surface area contributed by atoms with Crippen molar-refractivity contribution in [3.05, 3.63) is 35.5 Å². The van der Waals surface area contributed by atoms with Gasteiger partial charge in [0.25, 0.3) is 0 Å². The van der Waals surface area contributed by atoms with Crippen LogP contribution in [0, 0.1) is 34.0 Å². The van der Waals surface area contributed by atoms with Crippen LogP contribution < -0.4 is 10.1 Å². The van der Waals surface area contributed by atoms with Crippen LogP contribution in [-0.4, -0.2) is 35.8 Å². The highest BCUT2D eigenvalue weighted by Gasteiger charge is 2.31. The molecule has 8 heteroatoms. The maximum Gasteiger partial charge on any atom is 0.410 e. The number of nitrogens with one attached hydrogen (secondary N) is 1. The van der Waals surface area contributed by atoms with Gasteiger partial charge in [0.15, 0.2) is 5.57 Å². The number of rotatable bonds is 4. The molecule has 1 fully saturated rings. The molecule has 0 bridgehead atoms. The van der Waals surface area contributed by atoms with Crippen LogP contribution in [-0.2, 0) is 4.74 Å². The Morgan fingerprint density at radius 3 is 2.46 bits per heavy atom. The van der Waals surface area contributed by atoms with E-state index in [1.165, 1.54) is 0 Å². The molecule has 0 radical (unpaired) electrons. The Kier molecular flexibility index (Phi) is 6.47. The molecular formula is C20H21N5O3. The number of anilines is 1. The molecule has 1 aliphatic rings. The molecule has 1 aromatic carbocycles. The summed E-state index contributed by atoms with van der Waals surface area (Å²) in [5.41, 5.74) is -0.568. The van der Waals surface area contributed by atoms with E-state index in [0.29, 0.717) is 30.9 Å². The van der Waals surface area contributed by atoms with Crippen LogP contribution >= 0.6 is 0 Å². The second-order valence-electron chi connectivity index (χ2n) is 7.16. The summed E-state index contributed by atoms with van der Waals surface area (Å²) in [6, 6.07) is 12.1. The Morgan fingerprint density at radius 2 is 1.86 bits per heavy atom. The summed E-state index contributed by atoms with van der Waals surface area (Å²) in [5.74, 6) is 0.460. The molecule has 0 saturated carbocycles. The van der Waals surface area contributed by atoms with E-state index in [1.54, 1.807) is 41.3 Å². The van der Waals surface area contributed by atoms with Crippen molar-refractivity contribution >= 4 is 11.8 Å². The largest absolute Gasteiger partial charge is 0.486 e. The van der Waals surface area contributed by atoms with Gasteiger partial charge in [-0.15, -0.1) is 0 Å². The zero-order valence-corrected chi connectivity index (χ0v) is 16.0. The average Bonchev–Trinajstić information content (AvgIpc) is 3.10. The number of ether oxygens (including phenoxy) is 2. The molecule has 0 aliphatic carbocycles. The Labute approximate surface area is 164 Å². The number of allylic oxidation sites excluding steroid dienone is 2. The highest BCUT2D eigenvalue weighted by atomic mass is 16.6. The maximum atomic E-state index is 12.2. The van der Waals surface area contributed by atoms with Crippen LogP contribution in [0.4, 0.5) is 10.5 Å². The lowest BCUT2D eigenvalue weighted by atomic mass is 10.2. The molecule has 1 heterocycles. The van der Waals surface area contributed by atoms with Gasteiger partial charge in [0.2, 0.25) is 0 Å². The number of para-hydroxylation sites is 2. The lowest BCUT2D eigenvalue weighted by molar-refractivity contribution is 0.0276. The lowest BCUT2D eigenvalue weighted by Gasteiger charge is -2.24. The van der Waals surface area contributed by atoms with Crippen LogP contribution in [0.3, 0.4) is 0 Å². The predicted molar refractivity (Wildman–Crippen MR) is 101 cm³/mol. The molecule has 28 heavy (non-hydrogen) atoms. The summed E-state index contributed by atoms with van der Waals surface area (Å²) in [4.78, 5) is 13.8. The number of carbonyl (C=O) groups is 1. The lowest BCUT2D eigenvalue weighted by Crippen LogP contribution is -2.36. The Balaban J connectivity index is 2.10. The Morgan fingerprint density at radius 1 is 1.18 bits per heavy atom. The van der Waals surface area contributed by atoms with Crippen LogP contribution in [0.1, 0.15) is 27.2 Å². The van der Waals surface area contributed by atoms with E-state index < -0.39 is 5.60 Å². The summed E-state index contributed by atoms with van der Waals surface area (Å²) >= 11 is 0. The summed E-state index contributed by atoms with van der Waals surface area (Å²) in [7, 11) is 0. The molecule has 0 aromatic heterocycles. The van der Waals surface area contributed by atoms with E-state index in [2.05, 4.69) is 5.32 Å². The molecule has 1 N–H and O–H groups in total. The molecule has 2 rings (SSSR count). The highest BCUT2D eigenvalue weighted by Crippen LogP contribution is 2.29. The van der Waals surface area contributed by atoms with Crippen molar-refractivity contribution in [2.75, 3.05) is 18.4 Å². The quantitative estimate of drug-likeness (QED) is 0.796. The van der Waals surface area contributed by atoms with Gasteiger partial charge < -0.3 is 19.7 Å². The van der Waals surface area contributed by atoms with E-state index in [9.17, 15) is 10.1 Å². The maximum absolute atomic E-state index is 12.2. The van der Waals surface area contributed by atoms with Crippen molar-refractivity contribution in [2.24, 2.45) is 0 Å². The van der Waals surface area contributed by atoms with Gasteiger partial charge in [-0.25, -0.2) is 4.79 Å². The molecule has 1 aromatic rings. The van der Waals surface area contributed by atoms with Crippen molar-refractivity contribution in [1.82, 2.24) is 4.90 Å². The van der Waals surface area contributed by atoms with E-state index in [4.69, 9.17) is 20.0 Å². The molecule has 1 atom stereocenters. The molecule has 1 aliphatic heterocycles. The zero-order chi connectivity index (χ0) is 20.7. The van der Waals surface area contributed by atoms with E-state index in [0.717, 1.165) is 0 Å². The third kappa shape index (κ3) is 5.40. The van der Waals surface area contributed by atoms with E-state index in [1.807, 2.05) is 26.8 Å². The van der Waals surface area contributed by atoms with Gasteiger partial charge in [-0.3, -0.25) is 0 Å². The average molecular weight is 379 g/mol. The van der Waals surface area contributed by atoms with Crippen molar-refractivity contribution < 1.29 is 14.3 Å². The predicted octanol–water partition coefficient (Wildman–Crippen LogP) is 3.31. The topological polar surface area (TPSA) is 122 Å². The number of carbonyl (C=O) groups excluding carboxylic acids is 1. The molecule has 1 amide bonds. The number of nitriles is 3. The van der Waals surface area contributed by atoms with Crippen molar-refractivity contribution in [2.45, 2.75) is 38.9 Å². The molecule has 1 saturated heterocycles. The summed E-state index contributed by atoms with van der Waals surface area (Å²) < 4.78 is 11.4. The van der Waals surface area contributed by atoms with Crippen molar-refractivity contribution in [3.63, 3.8) is 0 Å². The van der Waals surface area contributed by atoms with E-state index >= 15 is 0 Å². The number of hydrogen-bond acceptors (Lipinski definition) is 7. The van der Waals surface area contributed by atoms with Crippen LogP contribution in [0.2, 0.25) is 0 Å². The second-order valence-corrected chi connectivity index (χ2v) is 7.16. The minimum atomic E-state index is -0.564. The number of hydrogen-bond donors (Lipinski definition) is 1. The third-order valence-electron chi connectivity index (χ3n) is 3.82. The third-order valence-corrected chi connectivity index (χ3v) is 3.82. The number of nitrogens with zero attached hydrogens (tertiary/aromatic N) is 4. The zero-order valence-electron chi connectivity index (χ0n) is 16.0. The normalized spacial score (nSPS) is 15.6. The fourth-order valence-electron chi connectivity index (χ4n) is 2.59. The van der Waals surface area contributed by atoms with Crippen LogP contribution in [0.25, 0.3) is 0 Å². The van der Waals surface area contributed by atoms with Crippen LogP contribution in [0.15, 0.2) is 35.5 Å². The fourth-order valence-corrected chi connectivity index (χ4v) is 2.59. The van der Waals surface area contributed by atoms with Gasteiger partial charge in [-0.1, -0.05) is 12.1 Å². The number of benzene rings is 1. The fraction of sp³-hybridized carbons (Fsp3) is 0.400. The van der Waals surface area contributed by atoms with Gasteiger partial charge in [0.05, 0.1) is 12.2 Å². The monoisotopic (exact) mass is 379 g/mol. The first-order valence-electron chi connectivity index (χ1n) is 8.72. The standard InChI is InChI=1S/C20H21N5O3/c1-20(2,3)28-19(26)25-9-8-15(13-25)27-18-7-5-4-6-16(18)24-17(12-23)14(10-21)11-22/h4-7,15,24H,8-9,13H2,1-3H3. The van der Waals surface area contributed by atoms with E-state index in [-0.39, 0.29) is 23.5 Å². The highest BCUT2D eigenvalue weighted by molar-refractivity contribution is 5.68. The number of likely N-dealkylation sites (tertiary alicyclic amines) is 1. The van der Waals surface area contributed by atoms with Crippen molar-refractivity contribution in [3.8, 4) is 24.0 Å². The first-order chi connectivity index (χ1) is 13.3. The first kappa shape index (κ1) is 20.6. The van der Waals surface area contributed by atoms with Gasteiger partial charge >= 0.3 is 6.09 Å². The smallest absolute Gasteiger partial charge is 0.410 e. The first-order valence-corrected chi connectivity index (χ1v) is 8.72. The SMILES string of the molecule is CC(C)(C)OC(=O)N1CCC(Oc2ccccc2NC(C#N)=C(C#N)C#N)C1.